The molecule has 2 aromatic carbocycles. The van der Waals surface area contributed by atoms with Crippen molar-refractivity contribution < 1.29 is 8.42 Å². The Morgan fingerprint density at radius 3 is 2.52 bits per heavy atom. The molecule has 2 aromatic rings. The molecule has 0 unspecified atom stereocenters. The molecule has 5 N–H and O–H groups in total. The summed E-state index contributed by atoms with van der Waals surface area (Å²) in [5, 5.41) is 8.40. The lowest BCUT2D eigenvalue weighted by molar-refractivity contribution is 0.597. The minimum atomic E-state index is -3.80. The molecule has 112 valence electrons. The van der Waals surface area contributed by atoms with Crippen LogP contribution in [-0.4, -0.2) is 8.42 Å². The minimum absolute atomic E-state index is 0.0390. The molecule has 2 rings (SSSR count). The second-order valence-corrected chi connectivity index (χ2v) is 7.07. The lowest BCUT2D eigenvalue weighted by atomic mass is 10.1. The zero-order valence-electron chi connectivity index (χ0n) is 11.4. The van der Waals surface area contributed by atoms with Crippen molar-refractivity contribution in [3.63, 3.8) is 0 Å². The first-order valence-corrected chi connectivity index (χ1v) is 8.53. The van der Waals surface area contributed by atoms with Crippen LogP contribution in [0.5, 0.6) is 0 Å². The van der Waals surface area contributed by atoms with Gasteiger partial charge in [-0.05, 0) is 36.2 Å². The zero-order chi connectivity index (χ0) is 15.6. The fourth-order valence-corrected chi connectivity index (χ4v) is 3.28. The highest BCUT2D eigenvalue weighted by molar-refractivity contribution is 9.10. The average Bonchev–Trinajstić information content (AvgIpc) is 2.39. The number of nitrogens with one attached hydrogen (secondary N) is 1. The number of hydrogen-bond donors (Lipinski definition) is 3. The van der Waals surface area contributed by atoms with Crippen molar-refractivity contribution in [1.29, 1.82) is 0 Å². The van der Waals surface area contributed by atoms with Crippen molar-refractivity contribution in [3.05, 3.63) is 52.0 Å². The Kier molecular flexibility index (Phi) is 4.55. The van der Waals surface area contributed by atoms with E-state index < -0.39 is 10.0 Å². The zero-order valence-corrected chi connectivity index (χ0v) is 13.8. The van der Waals surface area contributed by atoms with E-state index in [1.165, 1.54) is 6.07 Å². The Labute approximate surface area is 132 Å². The first-order valence-electron chi connectivity index (χ1n) is 6.19. The summed E-state index contributed by atoms with van der Waals surface area (Å²) in [7, 11) is -3.80. The molecule has 0 aromatic heterocycles. The molecule has 0 saturated carbocycles. The predicted molar refractivity (Wildman–Crippen MR) is 88.4 cm³/mol. The average molecular weight is 370 g/mol. The van der Waals surface area contributed by atoms with Crippen LogP contribution in [0.2, 0.25) is 0 Å². The molecule has 0 aliphatic carbocycles. The largest absolute Gasteiger partial charge is 0.399 e. The van der Waals surface area contributed by atoms with Crippen molar-refractivity contribution in [2.24, 2.45) is 5.14 Å². The molecule has 0 spiro atoms. The third-order valence-corrected chi connectivity index (χ3v) is 4.93. The standard InChI is InChI=1S/C14H16BrN3O2S/c1-9-13(6-11(16)7-14(9)21(17,19)20)18-8-10-4-2-3-5-12(10)15/h2-7,18H,8,16H2,1H3,(H2,17,19,20). The van der Waals surface area contributed by atoms with Crippen LogP contribution in [-0.2, 0) is 16.6 Å². The number of benzene rings is 2. The Bertz CT molecular complexity index is 776. The van der Waals surface area contributed by atoms with E-state index in [0.29, 0.717) is 23.5 Å². The van der Waals surface area contributed by atoms with Gasteiger partial charge in [0, 0.05) is 22.4 Å². The van der Waals surface area contributed by atoms with Crippen LogP contribution >= 0.6 is 15.9 Å². The molecule has 7 heteroatoms. The number of hydrogen-bond acceptors (Lipinski definition) is 4. The van der Waals surface area contributed by atoms with Crippen LogP contribution in [0.3, 0.4) is 0 Å². The number of sulfonamides is 1. The van der Waals surface area contributed by atoms with Crippen molar-refractivity contribution in [2.75, 3.05) is 11.1 Å². The van der Waals surface area contributed by atoms with Crippen LogP contribution in [0.4, 0.5) is 11.4 Å². The third-order valence-electron chi connectivity index (χ3n) is 3.12. The minimum Gasteiger partial charge on any atom is -0.399 e. The number of rotatable bonds is 4. The summed E-state index contributed by atoms with van der Waals surface area (Å²) in [5.41, 5.74) is 8.36. The SMILES string of the molecule is Cc1c(NCc2ccccc2Br)cc(N)cc1S(N)(=O)=O. The second-order valence-electron chi connectivity index (χ2n) is 4.68. The van der Waals surface area contributed by atoms with Crippen LogP contribution in [0.1, 0.15) is 11.1 Å². The smallest absolute Gasteiger partial charge is 0.238 e. The molecule has 0 heterocycles. The van der Waals surface area contributed by atoms with Crippen LogP contribution < -0.4 is 16.2 Å². The molecule has 0 atom stereocenters. The van der Waals surface area contributed by atoms with Gasteiger partial charge in [0.25, 0.3) is 0 Å². The molecule has 0 amide bonds. The molecule has 0 radical (unpaired) electrons. The first-order chi connectivity index (χ1) is 9.79. The van der Waals surface area contributed by atoms with Gasteiger partial charge in [0.05, 0.1) is 4.90 Å². The fraction of sp³-hybridized carbons (Fsp3) is 0.143. The number of halogens is 1. The Morgan fingerprint density at radius 2 is 1.90 bits per heavy atom. The van der Waals surface area contributed by atoms with E-state index in [2.05, 4.69) is 21.2 Å². The van der Waals surface area contributed by atoms with Crippen LogP contribution in [0.25, 0.3) is 0 Å². The molecule has 0 aliphatic heterocycles. The normalized spacial score (nSPS) is 11.4. The van der Waals surface area contributed by atoms with Gasteiger partial charge in [-0.1, -0.05) is 34.1 Å². The summed E-state index contributed by atoms with van der Waals surface area (Å²) in [6, 6.07) is 10.8. The molecule has 21 heavy (non-hydrogen) atoms. The van der Waals surface area contributed by atoms with E-state index in [9.17, 15) is 8.42 Å². The van der Waals surface area contributed by atoms with Crippen LogP contribution in [0, 0.1) is 6.92 Å². The number of nitrogen functional groups attached to an aromatic ring is 1. The van der Waals surface area contributed by atoms with E-state index in [1.54, 1.807) is 13.0 Å². The highest BCUT2D eigenvalue weighted by atomic mass is 79.9. The van der Waals surface area contributed by atoms with Gasteiger partial charge in [-0.3, -0.25) is 0 Å². The quantitative estimate of drug-likeness (QED) is 0.721. The summed E-state index contributed by atoms with van der Waals surface area (Å²) >= 11 is 3.47. The molecule has 0 bridgehead atoms. The van der Waals surface area contributed by atoms with Gasteiger partial charge in [-0.2, -0.15) is 0 Å². The maximum absolute atomic E-state index is 11.6. The lowest BCUT2D eigenvalue weighted by Crippen LogP contribution is -2.15. The van der Waals surface area contributed by atoms with E-state index in [-0.39, 0.29) is 4.90 Å². The van der Waals surface area contributed by atoms with Gasteiger partial charge in [0.2, 0.25) is 10.0 Å². The van der Waals surface area contributed by atoms with E-state index in [4.69, 9.17) is 10.9 Å². The van der Waals surface area contributed by atoms with Crippen molar-refractivity contribution in [2.45, 2.75) is 18.4 Å². The summed E-state index contributed by atoms with van der Waals surface area (Å²) in [6.45, 7) is 2.23. The van der Waals surface area contributed by atoms with Crippen molar-refractivity contribution in [3.8, 4) is 0 Å². The summed E-state index contributed by atoms with van der Waals surface area (Å²) in [4.78, 5) is 0.0390. The summed E-state index contributed by atoms with van der Waals surface area (Å²) < 4.78 is 24.1. The highest BCUT2D eigenvalue weighted by Crippen LogP contribution is 2.27. The Hall–Kier alpha value is -1.57. The topological polar surface area (TPSA) is 98.2 Å². The van der Waals surface area contributed by atoms with Gasteiger partial charge in [-0.15, -0.1) is 0 Å². The monoisotopic (exact) mass is 369 g/mol. The second kappa shape index (κ2) is 6.05. The lowest BCUT2D eigenvalue weighted by Gasteiger charge is -2.14. The van der Waals surface area contributed by atoms with Crippen molar-refractivity contribution in [1.82, 2.24) is 0 Å². The molecule has 0 aliphatic rings. The fourth-order valence-electron chi connectivity index (χ4n) is 2.02. The maximum atomic E-state index is 11.6. The third kappa shape index (κ3) is 3.75. The first kappa shape index (κ1) is 15.8. The van der Waals surface area contributed by atoms with E-state index in [0.717, 1.165) is 10.0 Å². The number of anilines is 2. The van der Waals surface area contributed by atoms with Gasteiger partial charge < -0.3 is 11.1 Å². The highest BCUT2D eigenvalue weighted by Gasteiger charge is 2.15. The molecule has 0 saturated heterocycles. The van der Waals surface area contributed by atoms with Gasteiger partial charge >= 0.3 is 0 Å². The van der Waals surface area contributed by atoms with Gasteiger partial charge in [-0.25, -0.2) is 13.6 Å². The van der Waals surface area contributed by atoms with E-state index >= 15 is 0 Å². The number of primary sulfonamides is 1. The molecule has 0 fully saturated rings. The van der Waals surface area contributed by atoms with Gasteiger partial charge in [0.15, 0.2) is 0 Å². The Balaban J connectivity index is 2.33. The molecular weight excluding hydrogens is 354 g/mol. The van der Waals surface area contributed by atoms with Crippen molar-refractivity contribution >= 4 is 37.3 Å². The molecular formula is C14H16BrN3O2S. The number of nitrogens with two attached hydrogens (primary N) is 2. The van der Waals surface area contributed by atoms with E-state index in [1.807, 2.05) is 24.3 Å². The maximum Gasteiger partial charge on any atom is 0.238 e. The Morgan fingerprint density at radius 1 is 1.24 bits per heavy atom. The van der Waals surface area contributed by atoms with Crippen LogP contribution in [0.15, 0.2) is 45.8 Å². The predicted octanol–water partition coefficient (Wildman–Crippen LogP) is 2.60. The van der Waals surface area contributed by atoms with Gasteiger partial charge in [0.1, 0.15) is 0 Å². The summed E-state index contributed by atoms with van der Waals surface area (Å²) in [5.74, 6) is 0. The molecule has 5 nitrogen and oxygen atoms in total. The summed E-state index contributed by atoms with van der Waals surface area (Å²) in [6.07, 6.45) is 0.